The molecule has 1 heterocycles. The van der Waals surface area contributed by atoms with Crippen molar-refractivity contribution in [3.05, 3.63) is 76.9 Å². The Morgan fingerprint density at radius 1 is 1.00 bits per heavy atom. The van der Waals surface area contributed by atoms with Gasteiger partial charge in [-0.05, 0) is 42.4 Å². The second-order valence-corrected chi connectivity index (χ2v) is 5.13. The van der Waals surface area contributed by atoms with Crippen molar-refractivity contribution in [2.45, 2.75) is 6.04 Å². The first-order valence-electron chi connectivity index (χ1n) is 6.56. The lowest BCUT2D eigenvalue weighted by atomic mass is 9.95. The lowest BCUT2D eigenvalue weighted by molar-refractivity contribution is 0.697. The second-order valence-electron chi connectivity index (χ2n) is 4.69. The van der Waals surface area contributed by atoms with Crippen molar-refractivity contribution in [2.24, 2.45) is 0 Å². The van der Waals surface area contributed by atoms with E-state index in [2.05, 4.69) is 34.6 Å². The monoisotopic (exact) mass is 282 g/mol. The third-order valence-corrected chi connectivity index (χ3v) is 3.73. The molecule has 3 heteroatoms. The summed E-state index contributed by atoms with van der Waals surface area (Å²) >= 11 is 5.97. The zero-order valence-electron chi connectivity index (χ0n) is 11.2. The molecule has 0 bridgehead atoms. The molecule has 1 unspecified atom stereocenters. The summed E-state index contributed by atoms with van der Waals surface area (Å²) in [5, 5.41) is 5.30. The van der Waals surface area contributed by atoms with Crippen LogP contribution in [0.1, 0.15) is 17.2 Å². The molecule has 3 aromatic rings. The van der Waals surface area contributed by atoms with Gasteiger partial charge in [0.1, 0.15) is 0 Å². The summed E-state index contributed by atoms with van der Waals surface area (Å²) in [7, 11) is 1.97. The smallest absolute Gasteiger partial charge is 0.0705 e. The van der Waals surface area contributed by atoms with Crippen LogP contribution in [-0.4, -0.2) is 12.0 Å². The number of benzene rings is 2. The van der Waals surface area contributed by atoms with Crippen molar-refractivity contribution in [1.29, 1.82) is 0 Å². The molecule has 0 fully saturated rings. The fraction of sp³-hybridized carbons (Fsp3) is 0.118. The van der Waals surface area contributed by atoms with Gasteiger partial charge < -0.3 is 5.32 Å². The Bertz CT molecular complexity index is 717. The Labute approximate surface area is 123 Å². The normalized spacial score (nSPS) is 12.5. The van der Waals surface area contributed by atoms with Crippen LogP contribution in [0, 0.1) is 0 Å². The predicted octanol–water partition coefficient (Wildman–Crippen LogP) is 4.20. The molecule has 3 rings (SSSR count). The SMILES string of the molecule is CNC(c1ccc(Cl)cc1)c1cccc2ncccc12. The highest BCUT2D eigenvalue weighted by atomic mass is 35.5. The van der Waals surface area contributed by atoms with Gasteiger partial charge in [-0.2, -0.15) is 0 Å². The van der Waals surface area contributed by atoms with Crippen molar-refractivity contribution < 1.29 is 0 Å². The summed E-state index contributed by atoms with van der Waals surface area (Å²) in [6.07, 6.45) is 1.82. The van der Waals surface area contributed by atoms with Crippen molar-refractivity contribution in [1.82, 2.24) is 10.3 Å². The number of aromatic nitrogens is 1. The number of fused-ring (bicyclic) bond motifs is 1. The van der Waals surface area contributed by atoms with E-state index < -0.39 is 0 Å². The van der Waals surface area contributed by atoms with Crippen LogP contribution < -0.4 is 5.32 Å². The fourth-order valence-electron chi connectivity index (χ4n) is 2.54. The number of hydrogen-bond donors (Lipinski definition) is 1. The number of hydrogen-bond acceptors (Lipinski definition) is 2. The van der Waals surface area contributed by atoms with E-state index in [0.29, 0.717) is 0 Å². The van der Waals surface area contributed by atoms with Crippen molar-refractivity contribution in [3.63, 3.8) is 0 Å². The third-order valence-electron chi connectivity index (χ3n) is 3.48. The predicted molar refractivity (Wildman–Crippen MR) is 84.1 cm³/mol. The number of rotatable bonds is 3. The van der Waals surface area contributed by atoms with E-state index in [4.69, 9.17) is 11.6 Å². The van der Waals surface area contributed by atoms with Crippen LogP contribution in [0.25, 0.3) is 10.9 Å². The second kappa shape index (κ2) is 5.61. The van der Waals surface area contributed by atoms with E-state index in [1.165, 1.54) is 16.5 Å². The summed E-state index contributed by atoms with van der Waals surface area (Å²) in [4.78, 5) is 4.42. The molecule has 0 aliphatic rings. The minimum Gasteiger partial charge on any atom is -0.309 e. The molecule has 1 N–H and O–H groups in total. The average molecular weight is 283 g/mol. The minimum atomic E-state index is 0.125. The van der Waals surface area contributed by atoms with Crippen LogP contribution in [0.3, 0.4) is 0 Å². The molecule has 0 saturated heterocycles. The Balaban J connectivity index is 2.14. The molecule has 0 amide bonds. The van der Waals surface area contributed by atoms with Crippen LogP contribution in [0.2, 0.25) is 5.02 Å². The van der Waals surface area contributed by atoms with Gasteiger partial charge in [0.2, 0.25) is 0 Å². The van der Waals surface area contributed by atoms with Gasteiger partial charge in [0.15, 0.2) is 0 Å². The minimum absolute atomic E-state index is 0.125. The third kappa shape index (κ3) is 2.40. The molecule has 2 aromatic carbocycles. The quantitative estimate of drug-likeness (QED) is 0.779. The lowest BCUT2D eigenvalue weighted by Gasteiger charge is -2.19. The molecule has 0 aliphatic heterocycles. The molecule has 1 atom stereocenters. The van der Waals surface area contributed by atoms with E-state index in [1.54, 1.807) is 0 Å². The summed E-state index contributed by atoms with van der Waals surface area (Å²) in [5.74, 6) is 0. The number of pyridine rings is 1. The molecular formula is C17H15ClN2. The zero-order chi connectivity index (χ0) is 13.9. The Morgan fingerprint density at radius 3 is 2.55 bits per heavy atom. The van der Waals surface area contributed by atoms with Gasteiger partial charge in [0.25, 0.3) is 0 Å². The van der Waals surface area contributed by atoms with E-state index in [1.807, 2.05) is 43.6 Å². The molecule has 0 radical (unpaired) electrons. The van der Waals surface area contributed by atoms with Gasteiger partial charge in [-0.1, -0.05) is 41.9 Å². The summed E-state index contributed by atoms with van der Waals surface area (Å²) in [6, 6.07) is 18.4. The van der Waals surface area contributed by atoms with Gasteiger partial charge in [-0.3, -0.25) is 4.98 Å². The number of nitrogens with zero attached hydrogens (tertiary/aromatic N) is 1. The number of halogens is 1. The van der Waals surface area contributed by atoms with Crippen molar-refractivity contribution in [2.75, 3.05) is 7.05 Å². The average Bonchev–Trinajstić information content (AvgIpc) is 2.50. The van der Waals surface area contributed by atoms with E-state index >= 15 is 0 Å². The standard InChI is InChI=1S/C17H15ClN2/c1-19-17(12-7-9-13(18)10-8-12)15-4-2-6-16-14(15)5-3-11-20-16/h2-11,17,19H,1H3. The van der Waals surface area contributed by atoms with E-state index in [0.717, 1.165) is 10.5 Å². The summed E-state index contributed by atoms with van der Waals surface area (Å²) in [6.45, 7) is 0. The van der Waals surface area contributed by atoms with Gasteiger partial charge >= 0.3 is 0 Å². The molecule has 0 aliphatic carbocycles. The highest BCUT2D eigenvalue weighted by molar-refractivity contribution is 6.30. The van der Waals surface area contributed by atoms with Gasteiger partial charge in [0, 0.05) is 16.6 Å². The van der Waals surface area contributed by atoms with Gasteiger partial charge in [-0.15, -0.1) is 0 Å². The first-order chi connectivity index (χ1) is 9.79. The molecule has 20 heavy (non-hydrogen) atoms. The molecule has 2 nitrogen and oxygen atoms in total. The molecule has 1 aromatic heterocycles. The highest BCUT2D eigenvalue weighted by Crippen LogP contribution is 2.28. The Morgan fingerprint density at radius 2 is 1.80 bits per heavy atom. The van der Waals surface area contributed by atoms with Crippen molar-refractivity contribution >= 4 is 22.5 Å². The van der Waals surface area contributed by atoms with Crippen LogP contribution in [0.4, 0.5) is 0 Å². The van der Waals surface area contributed by atoms with Crippen LogP contribution in [-0.2, 0) is 0 Å². The highest BCUT2D eigenvalue weighted by Gasteiger charge is 2.14. The maximum Gasteiger partial charge on any atom is 0.0705 e. The topological polar surface area (TPSA) is 24.9 Å². The molecule has 100 valence electrons. The first-order valence-corrected chi connectivity index (χ1v) is 6.94. The Hall–Kier alpha value is -1.90. The van der Waals surface area contributed by atoms with Gasteiger partial charge in [-0.25, -0.2) is 0 Å². The largest absolute Gasteiger partial charge is 0.309 e. The summed E-state index contributed by atoms with van der Waals surface area (Å²) in [5.41, 5.74) is 3.42. The number of nitrogens with one attached hydrogen (secondary N) is 1. The lowest BCUT2D eigenvalue weighted by Crippen LogP contribution is -2.17. The van der Waals surface area contributed by atoms with E-state index in [9.17, 15) is 0 Å². The van der Waals surface area contributed by atoms with Crippen LogP contribution in [0.5, 0.6) is 0 Å². The molecular weight excluding hydrogens is 268 g/mol. The first kappa shape index (κ1) is 13.1. The van der Waals surface area contributed by atoms with Crippen molar-refractivity contribution in [3.8, 4) is 0 Å². The van der Waals surface area contributed by atoms with Gasteiger partial charge in [0.05, 0.1) is 11.6 Å². The maximum absolute atomic E-state index is 5.97. The molecule has 0 spiro atoms. The van der Waals surface area contributed by atoms with Crippen LogP contribution >= 0.6 is 11.6 Å². The maximum atomic E-state index is 5.97. The summed E-state index contributed by atoms with van der Waals surface area (Å²) < 4.78 is 0. The zero-order valence-corrected chi connectivity index (χ0v) is 11.9. The van der Waals surface area contributed by atoms with E-state index in [-0.39, 0.29) is 6.04 Å². The fourth-order valence-corrected chi connectivity index (χ4v) is 2.66. The Kier molecular flexibility index (Phi) is 3.68. The van der Waals surface area contributed by atoms with Crippen LogP contribution in [0.15, 0.2) is 60.8 Å². The molecule has 0 saturated carbocycles.